The van der Waals surface area contributed by atoms with E-state index in [1.165, 1.54) is 71.9 Å². The summed E-state index contributed by atoms with van der Waals surface area (Å²) in [6.45, 7) is 5.96. The van der Waals surface area contributed by atoms with Gasteiger partial charge in [0.15, 0.2) is 0 Å². The normalized spacial score (nSPS) is 23.3. The van der Waals surface area contributed by atoms with E-state index in [0.717, 1.165) is 0 Å². The Morgan fingerprint density at radius 3 is 2.87 bits per heavy atom. The van der Waals surface area contributed by atoms with Crippen molar-refractivity contribution >= 4 is 33.5 Å². The Balaban J connectivity index is 1.55. The van der Waals surface area contributed by atoms with Gasteiger partial charge in [-0.1, -0.05) is 6.92 Å². The van der Waals surface area contributed by atoms with Crippen LogP contribution in [0, 0.1) is 3.57 Å². The number of H-pyrrole nitrogens is 1. The number of piperidine rings is 1. The fourth-order valence-corrected chi connectivity index (χ4v) is 4.79. The molecule has 1 atom stereocenters. The van der Waals surface area contributed by atoms with Crippen LogP contribution in [0.3, 0.4) is 0 Å². The first kappa shape index (κ1) is 15.9. The van der Waals surface area contributed by atoms with Crippen LogP contribution >= 0.6 is 22.6 Å². The van der Waals surface area contributed by atoms with Crippen LogP contribution in [0.25, 0.3) is 10.9 Å². The standard InChI is InChI=1S/C19H26IN3/c1-2-23-10-8-14(9-11-23)21-18-5-3-4-15-16-12-13(20)6-7-17(16)22-19(15)18/h6-7,12,14,18,21-22H,2-5,8-11H2,1H3. The fraction of sp³-hybridized carbons (Fsp3) is 0.579. The number of aryl methyl sites for hydroxylation is 1. The lowest BCUT2D eigenvalue weighted by molar-refractivity contribution is 0.195. The highest BCUT2D eigenvalue weighted by Gasteiger charge is 2.27. The number of hydrogen-bond donors (Lipinski definition) is 2. The molecule has 23 heavy (non-hydrogen) atoms. The van der Waals surface area contributed by atoms with E-state index in [1.54, 1.807) is 5.56 Å². The summed E-state index contributed by atoms with van der Waals surface area (Å²) in [7, 11) is 0. The van der Waals surface area contributed by atoms with E-state index in [0.29, 0.717) is 12.1 Å². The van der Waals surface area contributed by atoms with Crippen LogP contribution in [0.2, 0.25) is 0 Å². The molecule has 0 amide bonds. The van der Waals surface area contributed by atoms with Gasteiger partial charge in [0.25, 0.3) is 0 Å². The molecule has 1 aliphatic heterocycles. The smallest absolute Gasteiger partial charge is 0.0478 e. The molecule has 4 rings (SSSR count). The summed E-state index contributed by atoms with van der Waals surface area (Å²) in [5, 5.41) is 5.42. The highest BCUT2D eigenvalue weighted by atomic mass is 127. The first-order chi connectivity index (χ1) is 11.2. The van der Waals surface area contributed by atoms with Gasteiger partial charge in [-0.05, 0) is 98.1 Å². The first-order valence-electron chi connectivity index (χ1n) is 9.03. The third-order valence-corrected chi connectivity index (χ3v) is 6.31. The van der Waals surface area contributed by atoms with E-state index >= 15 is 0 Å². The van der Waals surface area contributed by atoms with Gasteiger partial charge in [0.2, 0.25) is 0 Å². The van der Waals surface area contributed by atoms with Gasteiger partial charge >= 0.3 is 0 Å². The number of aromatic amines is 1. The van der Waals surface area contributed by atoms with Crippen molar-refractivity contribution in [3.8, 4) is 0 Å². The zero-order valence-electron chi connectivity index (χ0n) is 13.9. The summed E-state index contributed by atoms with van der Waals surface area (Å²) in [6.07, 6.45) is 6.37. The van der Waals surface area contributed by atoms with Crippen LogP contribution < -0.4 is 5.32 Å². The summed E-state index contributed by atoms with van der Waals surface area (Å²) in [4.78, 5) is 6.29. The second-order valence-electron chi connectivity index (χ2n) is 7.03. The van der Waals surface area contributed by atoms with Crippen molar-refractivity contribution < 1.29 is 0 Å². The minimum atomic E-state index is 0.516. The number of halogens is 1. The predicted molar refractivity (Wildman–Crippen MR) is 105 cm³/mol. The molecule has 2 heterocycles. The molecule has 2 aliphatic rings. The SMILES string of the molecule is CCN1CCC(NC2CCCc3c2[nH]c2ccc(I)cc32)CC1. The van der Waals surface area contributed by atoms with Gasteiger partial charge in [0, 0.05) is 32.3 Å². The van der Waals surface area contributed by atoms with Crippen LogP contribution in [0.4, 0.5) is 0 Å². The number of nitrogens with zero attached hydrogens (tertiary/aromatic N) is 1. The van der Waals surface area contributed by atoms with Crippen molar-refractivity contribution in [3.63, 3.8) is 0 Å². The third-order valence-electron chi connectivity index (χ3n) is 5.64. The number of rotatable bonds is 3. The number of likely N-dealkylation sites (tertiary alicyclic amines) is 1. The van der Waals surface area contributed by atoms with Crippen LogP contribution in [-0.2, 0) is 6.42 Å². The Hall–Kier alpha value is -0.590. The molecule has 0 spiro atoms. The summed E-state index contributed by atoms with van der Waals surface area (Å²) in [5.41, 5.74) is 4.34. The molecule has 1 saturated heterocycles. The van der Waals surface area contributed by atoms with E-state index in [4.69, 9.17) is 0 Å². The molecule has 0 saturated carbocycles. The van der Waals surface area contributed by atoms with Crippen LogP contribution in [0.5, 0.6) is 0 Å². The van der Waals surface area contributed by atoms with Crippen molar-refractivity contribution in [3.05, 3.63) is 33.0 Å². The Morgan fingerprint density at radius 1 is 1.26 bits per heavy atom. The van der Waals surface area contributed by atoms with Crippen LogP contribution in [0.1, 0.15) is 49.9 Å². The molecule has 1 fully saturated rings. The van der Waals surface area contributed by atoms with E-state index < -0.39 is 0 Å². The molecule has 1 aromatic heterocycles. The number of aromatic nitrogens is 1. The van der Waals surface area contributed by atoms with Gasteiger partial charge in [-0.15, -0.1) is 0 Å². The number of hydrogen-bond acceptors (Lipinski definition) is 2. The van der Waals surface area contributed by atoms with Gasteiger partial charge in [0.1, 0.15) is 0 Å². The maximum Gasteiger partial charge on any atom is 0.0478 e. The number of nitrogens with one attached hydrogen (secondary N) is 2. The van der Waals surface area contributed by atoms with Crippen molar-refractivity contribution in [2.75, 3.05) is 19.6 Å². The molecule has 0 radical (unpaired) electrons. The van der Waals surface area contributed by atoms with Gasteiger partial charge in [-0.25, -0.2) is 0 Å². The molecule has 2 N–H and O–H groups in total. The molecular formula is C19H26IN3. The Labute approximate surface area is 152 Å². The number of benzene rings is 1. The summed E-state index contributed by atoms with van der Waals surface area (Å²) < 4.78 is 1.33. The molecule has 3 nitrogen and oxygen atoms in total. The Kier molecular flexibility index (Phi) is 4.65. The fourth-order valence-electron chi connectivity index (χ4n) is 4.30. The van der Waals surface area contributed by atoms with Crippen molar-refractivity contribution in [1.29, 1.82) is 0 Å². The minimum Gasteiger partial charge on any atom is -0.357 e. The van der Waals surface area contributed by atoms with Crippen LogP contribution in [0.15, 0.2) is 18.2 Å². The van der Waals surface area contributed by atoms with Crippen molar-refractivity contribution in [1.82, 2.24) is 15.2 Å². The predicted octanol–water partition coefficient (Wildman–Crippen LogP) is 4.22. The third kappa shape index (κ3) is 3.17. The highest BCUT2D eigenvalue weighted by molar-refractivity contribution is 14.1. The van der Waals surface area contributed by atoms with Gasteiger partial charge in [-0.3, -0.25) is 0 Å². The monoisotopic (exact) mass is 423 g/mol. The summed E-state index contributed by atoms with van der Waals surface area (Å²) >= 11 is 2.42. The topological polar surface area (TPSA) is 31.1 Å². The van der Waals surface area contributed by atoms with E-state index in [1.807, 2.05) is 0 Å². The Bertz CT molecular complexity index is 685. The molecule has 1 aromatic carbocycles. The first-order valence-corrected chi connectivity index (χ1v) is 10.1. The van der Waals surface area contributed by atoms with Gasteiger partial charge in [-0.2, -0.15) is 0 Å². The molecule has 4 heteroatoms. The van der Waals surface area contributed by atoms with Crippen LogP contribution in [-0.4, -0.2) is 35.6 Å². The molecule has 1 unspecified atom stereocenters. The van der Waals surface area contributed by atoms with E-state index in [-0.39, 0.29) is 0 Å². The molecule has 2 aromatic rings. The van der Waals surface area contributed by atoms with E-state index in [2.05, 4.69) is 62.9 Å². The maximum atomic E-state index is 3.97. The number of fused-ring (bicyclic) bond motifs is 3. The Morgan fingerprint density at radius 2 is 2.09 bits per heavy atom. The average molecular weight is 423 g/mol. The lowest BCUT2D eigenvalue weighted by Crippen LogP contribution is -2.44. The quantitative estimate of drug-likeness (QED) is 0.725. The largest absolute Gasteiger partial charge is 0.357 e. The van der Waals surface area contributed by atoms with Crippen molar-refractivity contribution in [2.24, 2.45) is 0 Å². The average Bonchev–Trinajstić information content (AvgIpc) is 2.95. The zero-order valence-corrected chi connectivity index (χ0v) is 16.0. The minimum absolute atomic E-state index is 0.516. The lowest BCUT2D eigenvalue weighted by atomic mass is 9.90. The zero-order chi connectivity index (χ0) is 15.8. The van der Waals surface area contributed by atoms with E-state index in [9.17, 15) is 0 Å². The molecule has 1 aliphatic carbocycles. The van der Waals surface area contributed by atoms with Crippen molar-refractivity contribution in [2.45, 2.75) is 51.1 Å². The van der Waals surface area contributed by atoms with Gasteiger partial charge in [0.05, 0.1) is 0 Å². The molecule has 0 bridgehead atoms. The lowest BCUT2D eigenvalue weighted by Gasteiger charge is -2.35. The molecule has 124 valence electrons. The maximum absolute atomic E-state index is 3.97. The highest BCUT2D eigenvalue weighted by Crippen LogP contribution is 2.36. The molecular weight excluding hydrogens is 397 g/mol. The second-order valence-corrected chi connectivity index (χ2v) is 8.27. The van der Waals surface area contributed by atoms with Gasteiger partial charge < -0.3 is 15.2 Å². The second kappa shape index (κ2) is 6.73. The summed E-state index contributed by atoms with van der Waals surface area (Å²) in [6, 6.07) is 7.98. The summed E-state index contributed by atoms with van der Waals surface area (Å²) in [5.74, 6) is 0.